The molecule has 0 heteroatoms. The lowest BCUT2D eigenvalue weighted by Gasteiger charge is -2.11. The topological polar surface area (TPSA) is 0 Å². The zero-order valence-electron chi connectivity index (χ0n) is 7.61. The van der Waals surface area contributed by atoms with Gasteiger partial charge >= 0.3 is 0 Å². The predicted octanol–water partition coefficient (Wildman–Crippen LogP) is 3.78. The molecule has 10 heavy (non-hydrogen) atoms. The molecule has 0 aromatic rings. The average Bonchev–Trinajstić information content (AvgIpc) is 1.89. The van der Waals surface area contributed by atoms with Gasteiger partial charge in [-0.1, -0.05) is 45.8 Å². The molecule has 0 aromatic heterocycles. The Kier molecular flexibility index (Phi) is 5.38. The van der Waals surface area contributed by atoms with E-state index in [9.17, 15) is 0 Å². The molecule has 0 aliphatic heterocycles. The molecule has 0 saturated carbocycles. The highest BCUT2D eigenvalue weighted by Crippen LogP contribution is 2.18. The first-order valence-electron chi connectivity index (χ1n) is 4.40. The van der Waals surface area contributed by atoms with E-state index < -0.39 is 0 Å². The SMILES string of the molecule is C=C(CCC)[C@@H](C)CCC. The summed E-state index contributed by atoms with van der Waals surface area (Å²) in [5.41, 5.74) is 1.43. The lowest BCUT2D eigenvalue weighted by atomic mass is 9.95. The highest BCUT2D eigenvalue weighted by atomic mass is 14.1. The maximum atomic E-state index is 4.06. The Bertz CT molecular complexity index is 92.2. The van der Waals surface area contributed by atoms with Crippen LogP contribution in [0, 0.1) is 5.92 Å². The van der Waals surface area contributed by atoms with Gasteiger partial charge in [-0.15, -0.1) is 0 Å². The predicted molar refractivity (Wildman–Crippen MR) is 48.1 cm³/mol. The summed E-state index contributed by atoms with van der Waals surface area (Å²) in [4.78, 5) is 0. The largest absolute Gasteiger partial charge is 0.0996 e. The summed E-state index contributed by atoms with van der Waals surface area (Å²) in [7, 11) is 0. The number of allylic oxidation sites excluding steroid dienone is 1. The van der Waals surface area contributed by atoms with Crippen molar-refractivity contribution in [3.05, 3.63) is 12.2 Å². The molecule has 60 valence electrons. The number of hydrogen-bond donors (Lipinski definition) is 0. The lowest BCUT2D eigenvalue weighted by Crippen LogP contribution is -1.96. The monoisotopic (exact) mass is 140 g/mol. The Morgan fingerprint density at radius 3 is 2.30 bits per heavy atom. The van der Waals surface area contributed by atoms with Crippen molar-refractivity contribution in [3.8, 4) is 0 Å². The van der Waals surface area contributed by atoms with Crippen LogP contribution in [-0.2, 0) is 0 Å². The Labute approximate surface area is 65.3 Å². The zero-order valence-corrected chi connectivity index (χ0v) is 7.61. The number of rotatable bonds is 5. The molecule has 0 radical (unpaired) electrons. The van der Waals surface area contributed by atoms with Crippen molar-refractivity contribution in [1.82, 2.24) is 0 Å². The smallest absolute Gasteiger partial charge is 0.0234 e. The number of hydrogen-bond acceptors (Lipinski definition) is 0. The van der Waals surface area contributed by atoms with Gasteiger partial charge in [-0.2, -0.15) is 0 Å². The summed E-state index contributed by atoms with van der Waals surface area (Å²) in [6.45, 7) is 10.8. The summed E-state index contributed by atoms with van der Waals surface area (Å²) in [5.74, 6) is 0.741. The molecule has 0 saturated heterocycles. The Morgan fingerprint density at radius 2 is 1.90 bits per heavy atom. The van der Waals surface area contributed by atoms with Gasteiger partial charge in [0.05, 0.1) is 0 Å². The third-order valence-corrected chi connectivity index (χ3v) is 1.99. The van der Waals surface area contributed by atoms with E-state index in [1.54, 1.807) is 0 Å². The van der Waals surface area contributed by atoms with Gasteiger partial charge in [0.2, 0.25) is 0 Å². The van der Waals surface area contributed by atoms with Crippen LogP contribution in [0.3, 0.4) is 0 Å². The van der Waals surface area contributed by atoms with Crippen LogP contribution in [0.1, 0.15) is 46.5 Å². The van der Waals surface area contributed by atoms with E-state index in [0.29, 0.717) is 0 Å². The third-order valence-electron chi connectivity index (χ3n) is 1.99. The summed E-state index contributed by atoms with van der Waals surface area (Å²) in [6.07, 6.45) is 5.04. The van der Waals surface area contributed by atoms with Gasteiger partial charge in [-0.05, 0) is 18.8 Å². The average molecular weight is 140 g/mol. The molecule has 0 nitrogen and oxygen atoms in total. The van der Waals surface area contributed by atoms with Gasteiger partial charge in [-0.3, -0.25) is 0 Å². The first-order valence-corrected chi connectivity index (χ1v) is 4.40. The van der Waals surface area contributed by atoms with Gasteiger partial charge in [0.1, 0.15) is 0 Å². The Hall–Kier alpha value is -0.260. The minimum Gasteiger partial charge on any atom is -0.0996 e. The van der Waals surface area contributed by atoms with E-state index in [4.69, 9.17) is 0 Å². The van der Waals surface area contributed by atoms with Crippen LogP contribution in [0.4, 0.5) is 0 Å². The Balaban J connectivity index is 3.49. The highest BCUT2D eigenvalue weighted by Gasteiger charge is 2.02. The lowest BCUT2D eigenvalue weighted by molar-refractivity contribution is 0.578. The third kappa shape index (κ3) is 3.71. The van der Waals surface area contributed by atoms with Crippen LogP contribution in [0.2, 0.25) is 0 Å². The van der Waals surface area contributed by atoms with E-state index >= 15 is 0 Å². The van der Waals surface area contributed by atoms with Crippen molar-refractivity contribution in [3.63, 3.8) is 0 Å². The summed E-state index contributed by atoms with van der Waals surface area (Å²) < 4.78 is 0. The first-order chi connectivity index (χ1) is 4.72. The van der Waals surface area contributed by atoms with Crippen molar-refractivity contribution in [1.29, 1.82) is 0 Å². The van der Waals surface area contributed by atoms with Crippen molar-refractivity contribution < 1.29 is 0 Å². The van der Waals surface area contributed by atoms with Crippen molar-refractivity contribution in [2.45, 2.75) is 46.5 Å². The van der Waals surface area contributed by atoms with Gasteiger partial charge in [0.25, 0.3) is 0 Å². The van der Waals surface area contributed by atoms with Gasteiger partial charge in [0.15, 0.2) is 0 Å². The van der Waals surface area contributed by atoms with E-state index in [1.807, 2.05) is 0 Å². The fourth-order valence-corrected chi connectivity index (χ4v) is 1.20. The van der Waals surface area contributed by atoms with E-state index in [2.05, 4.69) is 27.4 Å². The van der Waals surface area contributed by atoms with Crippen LogP contribution in [-0.4, -0.2) is 0 Å². The van der Waals surface area contributed by atoms with Crippen LogP contribution in [0.5, 0.6) is 0 Å². The summed E-state index contributed by atoms with van der Waals surface area (Å²) in [6, 6.07) is 0. The minimum absolute atomic E-state index is 0.741. The zero-order chi connectivity index (χ0) is 7.98. The van der Waals surface area contributed by atoms with E-state index in [-0.39, 0.29) is 0 Å². The highest BCUT2D eigenvalue weighted by molar-refractivity contribution is 4.98. The van der Waals surface area contributed by atoms with Crippen LogP contribution in [0.25, 0.3) is 0 Å². The van der Waals surface area contributed by atoms with Gasteiger partial charge in [0, 0.05) is 0 Å². The van der Waals surface area contributed by atoms with E-state index in [1.165, 1.54) is 31.3 Å². The van der Waals surface area contributed by atoms with Crippen LogP contribution in [0.15, 0.2) is 12.2 Å². The molecule has 0 aromatic carbocycles. The van der Waals surface area contributed by atoms with Crippen LogP contribution < -0.4 is 0 Å². The molecule has 0 heterocycles. The molecule has 1 atom stereocenters. The van der Waals surface area contributed by atoms with Crippen molar-refractivity contribution >= 4 is 0 Å². The summed E-state index contributed by atoms with van der Waals surface area (Å²) >= 11 is 0. The second-order valence-corrected chi connectivity index (χ2v) is 3.10. The molecular formula is C10H20. The molecule has 0 aliphatic rings. The van der Waals surface area contributed by atoms with Gasteiger partial charge in [-0.25, -0.2) is 0 Å². The second-order valence-electron chi connectivity index (χ2n) is 3.10. The molecule has 0 N–H and O–H groups in total. The van der Waals surface area contributed by atoms with Crippen molar-refractivity contribution in [2.24, 2.45) is 5.92 Å². The quantitative estimate of drug-likeness (QED) is 0.510. The Morgan fingerprint density at radius 1 is 1.30 bits per heavy atom. The normalized spacial score (nSPS) is 13.1. The fourth-order valence-electron chi connectivity index (χ4n) is 1.20. The minimum atomic E-state index is 0.741. The molecule has 0 spiro atoms. The molecule has 0 bridgehead atoms. The maximum absolute atomic E-state index is 4.06. The molecule has 0 unspecified atom stereocenters. The van der Waals surface area contributed by atoms with Gasteiger partial charge < -0.3 is 0 Å². The van der Waals surface area contributed by atoms with Crippen molar-refractivity contribution in [2.75, 3.05) is 0 Å². The molecule has 0 amide bonds. The maximum Gasteiger partial charge on any atom is -0.0234 e. The van der Waals surface area contributed by atoms with Crippen LogP contribution >= 0.6 is 0 Å². The fraction of sp³-hybridized carbons (Fsp3) is 0.800. The second kappa shape index (κ2) is 5.52. The molecule has 0 aliphatic carbocycles. The standard InChI is InChI=1S/C10H20/c1-5-7-9(3)10(4)8-6-2/h10H,3,5-8H2,1-2,4H3/t10-/m0/s1. The molecular weight excluding hydrogens is 120 g/mol. The molecule has 0 fully saturated rings. The summed E-state index contributed by atoms with van der Waals surface area (Å²) in [5, 5.41) is 0. The first kappa shape index (κ1) is 9.74. The van der Waals surface area contributed by atoms with E-state index in [0.717, 1.165) is 5.92 Å². The molecule has 0 rings (SSSR count).